The van der Waals surface area contributed by atoms with Crippen molar-refractivity contribution in [1.82, 2.24) is 4.90 Å². The Morgan fingerprint density at radius 1 is 1.05 bits per heavy atom. The Kier molecular flexibility index (Phi) is 2.86. The van der Waals surface area contributed by atoms with Crippen LogP contribution in [0.1, 0.15) is 37.9 Å². The fourth-order valence-corrected chi connectivity index (χ4v) is 3.55. The number of carbonyl (C=O) groups excluding carboxylic acids is 2. The number of hydrogen-bond donors (Lipinski definition) is 1. The van der Waals surface area contributed by atoms with Gasteiger partial charge in [0.1, 0.15) is 0 Å². The van der Waals surface area contributed by atoms with Gasteiger partial charge >= 0.3 is 0 Å². The molecule has 2 aliphatic rings. The summed E-state index contributed by atoms with van der Waals surface area (Å²) in [4.78, 5) is 26.3. The molecule has 0 bridgehead atoms. The average molecular weight is 314 g/mol. The van der Waals surface area contributed by atoms with Crippen LogP contribution in [0.3, 0.4) is 0 Å². The van der Waals surface area contributed by atoms with Crippen LogP contribution in [0, 0.1) is 0 Å². The number of aliphatic hydroxyl groups is 1. The van der Waals surface area contributed by atoms with Crippen LogP contribution in [0.2, 0.25) is 5.02 Å². The highest BCUT2D eigenvalue weighted by Crippen LogP contribution is 2.41. The van der Waals surface area contributed by atoms with Gasteiger partial charge in [-0.05, 0) is 35.4 Å². The van der Waals surface area contributed by atoms with Crippen LogP contribution < -0.4 is 0 Å². The topological polar surface area (TPSA) is 57.6 Å². The van der Waals surface area contributed by atoms with Crippen molar-refractivity contribution in [3.05, 3.63) is 69.7 Å². The van der Waals surface area contributed by atoms with Crippen LogP contribution in [0.5, 0.6) is 0 Å². The Balaban J connectivity index is 1.82. The lowest BCUT2D eigenvalue weighted by atomic mass is 10.1. The molecule has 0 saturated carbocycles. The summed E-state index contributed by atoms with van der Waals surface area (Å²) in [5.41, 5.74) is 2.44. The van der Waals surface area contributed by atoms with E-state index < -0.39 is 12.1 Å². The van der Waals surface area contributed by atoms with E-state index in [-0.39, 0.29) is 11.8 Å². The lowest BCUT2D eigenvalue weighted by Gasteiger charge is -2.25. The van der Waals surface area contributed by atoms with Crippen molar-refractivity contribution in [2.75, 3.05) is 0 Å². The molecule has 0 spiro atoms. The number of halogens is 1. The predicted octanol–water partition coefficient (Wildman–Crippen LogP) is 2.59. The van der Waals surface area contributed by atoms with Crippen molar-refractivity contribution in [2.24, 2.45) is 0 Å². The van der Waals surface area contributed by atoms with Crippen LogP contribution in [0.4, 0.5) is 0 Å². The molecule has 1 aliphatic carbocycles. The van der Waals surface area contributed by atoms with E-state index in [1.165, 1.54) is 4.90 Å². The normalized spacial score (nSPS) is 22.9. The van der Waals surface area contributed by atoms with Crippen molar-refractivity contribution in [3.63, 3.8) is 0 Å². The Morgan fingerprint density at radius 2 is 1.68 bits per heavy atom. The number of fused-ring (bicyclic) bond motifs is 2. The molecule has 0 unspecified atom stereocenters. The second-order valence-corrected chi connectivity index (χ2v) is 6.02. The minimum absolute atomic E-state index is 0.354. The van der Waals surface area contributed by atoms with Crippen LogP contribution in [-0.2, 0) is 6.42 Å². The molecular formula is C17H12ClNO3. The molecule has 1 heterocycles. The number of imide groups is 1. The molecule has 2 aromatic rings. The van der Waals surface area contributed by atoms with E-state index in [1.54, 1.807) is 42.5 Å². The molecule has 0 radical (unpaired) electrons. The second kappa shape index (κ2) is 4.66. The molecule has 2 atom stereocenters. The zero-order valence-electron chi connectivity index (χ0n) is 11.5. The highest BCUT2D eigenvalue weighted by atomic mass is 35.5. The monoisotopic (exact) mass is 313 g/mol. The zero-order chi connectivity index (χ0) is 15.4. The van der Waals surface area contributed by atoms with E-state index in [9.17, 15) is 14.7 Å². The molecule has 0 saturated heterocycles. The quantitative estimate of drug-likeness (QED) is 0.823. The third-order valence-electron chi connectivity index (χ3n) is 4.32. The first-order valence-electron chi connectivity index (χ1n) is 7.01. The van der Waals surface area contributed by atoms with Crippen molar-refractivity contribution in [1.29, 1.82) is 0 Å². The number of hydrogen-bond acceptors (Lipinski definition) is 3. The molecule has 0 fully saturated rings. The Bertz CT molecular complexity index is 782. The molecule has 4 nitrogen and oxygen atoms in total. The van der Waals surface area contributed by atoms with Gasteiger partial charge in [-0.15, -0.1) is 0 Å². The average Bonchev–Trinajstić information content (AvgIpc) is 2.94. The maximum absolute atomic E-state index is 12.6. The van der Waals surface area contributed by atoms with Gasteiger partial charge in [-0.1, -0.05) is 29.8 Å². The fourth-order valence-electron chi connectivity index (χ4n) is 3.36. The molecule has 1 N–H and O–H groups in total. The smallest absolute Gasteiger partial charge is 0.262 e. The van der Waals surface area contributed by atoms with Crippen molar-refractivity contribution >= 4 is 23.4 Å². The standard InChI is InChI=1S/C17H12ClNO3/c18-10-5-6-11-9(7-10)8-14(20)15(11)19-16(21)12-3-1-2-4-13(12)17(19)22/h1-7,14-15,20H,8H2/t14-,15+/m0/s1. The highest BCUT2D eigenvalue weighted by Gasteiger charge is 2.46. The third-order valence-corrected chi connectivity index (χ3v) is 4.56. The molecule has 22 heavy (non-hydrogen) atoms. The van der Waals surface area contributed by atoms with Crippen LogP contribution in [0.15, 0.2) is 42.5 Å². The minimum atomic E-state index is -0.810. The summed E-state index contributed by atoms with van der Waals surface area (Å²) < 4.78 is 0. The summed E-state index contributed by atoms with van der Waals surface area (Å²) in [5.74, 6) is -0.708. The van der Waals surface area contributed by atoms with Gasteiger partial charge < -0.3 is 5.11 Å². The fraction of sp³-hybridized carbons (Fsp3) is 0.176. The number of rotatable bonds is 1. The van der Waals surface area contributed by atoms with Gasteiger partial charge in [0, 0.05) is 11.4 Å². The first kappa shape index (κ1) is 13.5. The first-order chi connectivity index (χ1) is 10.6. The molecule has 5 heteroatoms. The van der Waals surface area contributed by atoms with Gasteiger partial charge in [0.25, 0.3) is 11.8 Å². The molecule has 2 aromatic carbocycles. The number of benzene rings is 2. The van der Waals surface area contributed by atoms with Gasteiger partial charge in [-0.2, -0.15) is 0 Å². The largest absolute Gasteiger partial charge is 0.390 e. The van der Waals surface area contributed by atoms with E-state index in [4.69, 9.17) is 11.6 Å². The van der Waals surface area contributed by atoms with E-state index in [1.807, 2.05) is 0 Å². The first-order valence-corrected chi connectivity index (χ1v) is 7.39. The lowest BCUT2D eigenvalue weighted by Crippen LogP contribution is -2.38. The number of aliphatic hydroxyl groups excluding tert-OH is 1. The Hall–Kier alpha value is -2.17. The predicted molar refractivity (Wildman–Crippen MR) is 80.8 cm³/mol. The van der Waals surface area contributed by atoms with Crippen LogP contribution in [-0.4, -0.2) is 27.9 Å². The molecule has 0 aromatic heterocycles. The van der Waals surface area contributed by atoms with Crippen LogP contribution in [0.25, 0.3) is 0 Å². The van der Waals surface area contributed by atoms with Gasteiger partial charge in [-0.3, -0.25) is 14.5 Å². The maximum atomic E-state index is 12.6. The summed E-state index contributed by atoms with van der Waals surface area (Å²) in [5, 5.41) is 11.0. The van der Waals surface area contributed by atoms with Gasteiger partial charge in [0.15, 0.2) is 0 Å². The summed E-state index contributed by atoms with van der Waals surface area (Å²) in [6.07, 6.45) is -0.427. The lowest BCUT2D eigenvalue weighted by molar-refractivity contribution is 0.0382. The molecule has 1 aliphatic heterocycles. The van der Waals surface area contributed by atoms with Gasteiger partial charge in [0.2, 0.25) is 0 Å². The summed E-state index contributed by atoms with van der Waals surface area (Å²) in [7, 11) is 0. The molecule has 110 valence electrons. The van der Waals surface area contributed by atoms with Crippen molar-refractivity contribution in [2.45, 2.75) is 18.6 Å². The zero-order valence-corrected chi connectivity index (χ0v) is 12.2. The van der Waals surface area contributed by atoms with E-state index in [0.29, 0.717) is 22.6 Å². The molecular weight excluding hydrogens is 302 g/mol. The van der Waals surface area contributed by atoms with Crippen LogP contribution >= 0.6 is 11.6 Å². The van der Waals surface area contributed by atoms with Gasteiger partial charge in [0.05, 0.1) is 23.3 Å². The van der Waals surface area contributed by atoms with Gasteiger partial charge in [-0.25, -0.2) is 0 Å². The van der Waals surface area contributed by atoms with Crippen molar-refractivity contribution < 1.29 is 14.7 Å². The number of amides is 2. The number of nitrogens with zero attached hydrogens (tertiary/aromatic N) is 1. The number of carbonyl (C=O) groups is 2. The van der Waals surface area contributed by atoms with E-state index in [0.717, 1.165) is 11.1 Å². The Morgan fingerprint density at radius 3 is 2.32 bits per heavy atom. The molecule has 2 amide bonds. The molecule has 4 rings (SSSR count). The summed E-state index contributed by atoms with van der Waals surface area (Å²) in [6.45, 7) is 0. The third kappa shape index (κ3) is 1.74. The summed E-state index contributed by atoms with van der Waals surface area (Å²) >= 11 is 5.98. The van der Waals surface area contributed by atoms with E-state index >= 15 is 0 Å². The second-order valence-electron chi connectivity index (χ2n) is 5.59. The SMILES string of the molecule is O=C1c2ccccc2C(=O)N1[C@@H]1c2ccc(Cl)cc2C[C@@H]1O. The Labute approximate surface area is 131 Å². The van der Waals surface area contributed by atoms with Crippen molar-refractivity contribution in [3.8, 4) is 0 Å². The summed E-state index contributed by atoms with van der Waals surface area (Å²) in [6, 6.07) is 11.3. The highest BCUT2D eigenvalue weighted by molar-refractivity contribution is 6.30. The van der Waals surface area contributed by atoms with E-state index in [2.05, 4.69) is 0 Å². The minimum Gasteiger partial charge on any atom is -0.390 e. The maximum Gasteiger partial charge on any atom is 0.262 e.